The van der Waals surface area contributed by atoms with E-state index in [2.05, 4.69) is 4.98 Å². The molecule has 1 aromatic heterocycles. The first-order chi connectivity index (χ1) is 13.0. The van der Waals surface area contributed by atoms with Gasteiger partial charge in [0.2, 0.25) is 0 Å². The maximum absolute atomic E-state index is 12.4. The van der Waals surface area contributed by atoms with E-state index in [0.717, 1.165) is 0 Å². The van der Waals surface area contributed by atoms with Crippen LogP contribution < -0.4 is 5.56 Å². The van der Waals surface area contributed by atoms with E-state index in [0.29, 0.717) is 29.4 Å². The Labute approximate surface area is 154 Å². The first-order valence-corrected chi connectivity index (χ1v) is 8.34. The van der Waals surface area contributed by atoms with Crippen LogP contribution in [0.1, 0.15) is 22.3 Å². The van der Waals surface area contributed by atoms with Gasteiger partial charge in [0.25, 0.3) is 11.2 Å². The number of aryl methyl sites for hydroxylation is 2. The Morgan fingerprint density at radius 3 is 2.78 bits per heavy atom. The van der Waals surface area contributed by atoms with Gasteiger partial charge < -0.3 is 4.74 Å². The van der Waals surface area contributed by atoms with E-state index >= 15 is 0 Å². The van der Waals surface area contributed by atoms with Crippen LogP contribution in [0.15, 0.2) is 53.6 Å². The fourth-order valence-electron chi connectivity index (χ4n) is 2.74. The average Bonchev–Trinajstić information content (AvgIpc) is 2.66. The van der Waals surface area contributed by atoms with E-state index in [1.165, 1.54) is 29.1 Å². The number of benzene rings is 2. The molecule has 138 valence electrons. The molecule has 3 aromatic rings. The van der Waals surface area contributed by atoms with Gasteiger partial charge in [-0.25, -0.2) is 9.78 Å². The molecule has 0 saturated heterocycles. The van der Waals surface area contributed by atoms with Gasteiger partial charge in [-0.1, -0.05) is 12.1 Å². The molecule has 8 heteroatoms. The molecule has 0 N–H and O–H groups in total. The fourth-order valence-corrected chi connectivity index (χ4v) is 2.74. The molecule has 0 atom stereocenters. The predicted molar refractivity (Wildman–Crippen MR) is 98.7 cm³/mol. The van der Waals surface area contributed by atoms with Crippen molar-refractivity contribution in [1.29, 1.82) is 0 Å². The van der Waals surface area contributed by atoms with Gasteiger partial charge in [-0.2, -0.15) is 0 Å². The van der Waals surface area contributed by atoms with Crippen molar-refractivity contribution in [2.75, 3.05) is 6.61 Å². The number of hydrogen-bond donors (Lipinski definition) is 0. The lowest BCUT2D eigenvalue weighted by molar-refractivity contribution is -0.385. The molecule has 0 aliphatic heterocycles. The highest BCUT2D eigenvalue weighted by atomic mass is 16.6. The molecular weight excluding hydrogens is 350 g/mol. The van der Waals surface area contributed by atoms with Crippen LogP contribution in [0.25, 0.3) is 10.9 Å². The highest BCUT2D eigenvalue weighted by Gasteiger charge is 2.14. The van der Waals surface area contributed by atoms with Crippen molar-refractivity contribution in [2.45, 2.75) is 19.9 Å². The van der Waals surface area contributed by atoms with Crippen molar-refractivity contribution < 1.29 is 14.5 Å². The zero-order chi connectivity index (χ0) is 19.4. The zero-order valence-corrected chi connectivity index (χ0v) is 14.6. The minimum atomic E-state index is -0.558. The number of nitro groups is 1. The molecule has 0 amide bonds. The minimum absolute atomic E-state index is 0.0465. The number of para-hydroxylation sites is 1. The summed E-state index contributed by atoms with van der Waals surface area (Å²) >= 11 is 0. The molecule has 1 heterocycles. The Balaban J connectivity index is 1.58. The van der Waals surface area contributed by atoms with Gasteiger partial charge in [-0.3, -0.25) is 19.5 Å². The number of nitro benzene ring substituents is 1. The second kappa shape index (κ2) is 7.77. The smallest absolute Gasteiger partial charge is 0.338 e. The number of nitrogens with zero attached hydrogens (tertiary/aromatic N) is 3. The van der Waals surface area contributed by atoms with Crippen LogP contribution in [0.3, 0.4) is 0 Å². The summed E-state index contributed by atoms with van der Waals surface area (Å²) in [6.45, 7) is 2.05. The van der Waals surface area contributed by atoms with Gasteiger partial charge in [0.05, 0.1) is 34.3 Å². The highest BCUT2D eigenvalue weighted by molar-refractivity contribution is 5.90. The van der Waals surface area contributed by atoms with Gasteiger partial charge in [-0.15, -0.1) is 0 Å². The van der Waals surface area contributed by atoms with E-state index in [4.69, 9.17) is 4.74 Å². The first-order valence-electron chi connectivity index (χ1n) is 8.34. The molecule has 0 fully saturated rings. The van der Waals surface area contributed by atoms with Crippen molar-refractivity contribution in [3.05, 3.63) is 80.4 Å². The predicted octanol–water partition coefficient (Wildman–Crippen LogP) is 2.86. The topological polar surface area (TPSA) is 104 Å². The molecule has 0 aliphatic rings. The third kappa shape index (κ3) is 4.00. The third-order valence-corrected chi connectivity index (χ3v) is 4.14. The van der Waals surface area contributed by atoms with Gasteiger partial charge in [0.1, 0.15) is 0 Å². The summed E-state index contributed by atoms with van der Waals surface area (Å²) in [5, 5.41) is 11.4. The number of carbonyl (C=O) groups excluding carboxylic acids is 1. The first kappa shape index (κ1) is 18.2. The fraction of sp³-hybridized carbons (Fsp3) is 0.211. The van der Waals surface area contributed by atoms with Crippen molar-refractivity contribution in [1.82, 2.24) is 9.55 Å². The number of esters is 1. The lowest BCUT2D eigenvalue weighted by Crippen LogP contribution is -2.21. The summed E-state index contributed by atoms with van der Waals surface area (Å²) in [5.74, 6) is -0.558. The quantitative estimate of drug-likeness (QED) is 0.287. The Morgan fingerprint density at radius 1 is 1.26 bits per heavy atom. The van der Waals surface area contributed by atoms with Crippen molar-refractivity contribution in [3.8, 4) is 0 Å². The Bertz CT molecular complexity index is 1070. The molecule has 0 bridgehead atoms. The summed E-state index contributed by atoms with van der Waals surface area (Å²) in [6, 6.07) is 11.2. The van der Waals surface area contributed by atoms with Crippen LogP contribution >= 0.6 is 0 Å². The summed E-state index contributed by atoms with van der Waals surface area (Å²) in [7, 11) is 0. The molecule has 8 nitrogen and oxygen atoms in total. The van der Waals surface area contributed by atoms with Gasteiger partial charge in [0.15, 0.2) is 0 Å². The van der Waals surface area contributed by atoms with E-state index in [9.17, 15) is 19.7 Å². The maximum Gasteiger partial charge on any atom is 0.338 e. The maximum atomic E-state index is 12.4. The molecule has 0 radical (unpaired) electrons. The van der Waals surface area contributed by atoms with Crippen molar-refractivity contribution in [3.63, 3.8) is 0 Å². The number of ether oxygens (including phenoxy) is 1. The van der Waals surface area contributed by atoms with Crippen LogP contribution in [-0.2, 0) is 11.3 Å². The van der Waals surface area contributed by atoms with Crippen LogP contribution in [0.5, 0.6) is 0 Å². The monoisotopic (exact) mass is 367 g/mol. The molecule has 0 spiro atoms. The Kier molecular flexibility index (Phi) is 5.25. The number of carbonyl (C=O) groups is 1. The molecule has 0 unspecified atom stereocenters. The van der Waals surface area contributed by atoms with Crippen molar-refractivity contribution >= 4 is 22.6 Å². The van der Waals surface area contributed by atoms with Crippen LogP contribution in [0, 0.1) is 17.0 Å². The molecule has 0 saturated carbocycles. The van der Waals surface area contributed by atoms with Gasteiger partial charge in [0, 0.05) is 18.2 Å². The molecule has 3 rings (SSSR count). The normalized spacial score (nSPS) is 10.7. The SMILES string of the molecule is Cc1cc(C(=O)OCCCn2cnc3ccccc3c2=O)ccc1[N+](=O)[O-]. The standard InChI is InChI=1S/C19H17N3O5/c1-13-11-14(7-8-17(13)22(25)26)19(24)27-10-4-9-21-12-20-16-6-3-2-5-15(16)18(21)23/h2-3,5-8,11-12H,4,9-10H2,1H3. The lowest BCUT2D eigenvalue weighted by Gasteiger charge is -2.08. The number of rotatable bonds is 6. The Morgan fingerprint density at radius 2 is 2.04 bits per heavy atom. The molecular formula is C19H17N3O5. The number of aromatic nitrogens is 2. The summed E-state index contributed by atoms with van der Waals surface area (Å²) in [6.07, 6.45) is 1.92. The zero-order valence-electron chi connectivity index (χ0n) is 14.6. The minimum Gasteiger partial charge on any atom is -0.462 e. The number of fused-ring (bicyclic) bond motifs is 1. The molecule has 2 aromatic carbocycles. The second-order valence-corrected chi connectivity index (χ2v) is 6.01. The second-order valence-electron chi connectivity index (χ2n) is 6.01. The largest absolute Gasteiger partial charge is 0.462 e. The van der Waals surface area contributed by atoms with Gasteiger partial charge in [-0.05, 0) is 37.6 Å². The third-order valence-electron chi connectivity index (χ3n) is 4.14. The molecule has 27 heavy (non-hydrogen) atoms. The number of hydrogen-bond acceptors (Lipinski definition) is 6. The summed E-state index contributed by atoms with van der Waals surface area (Å²) in [5.41, 5.74) is 1.09. The van der Waals surface area contributed by atoms with Gasteiger partial charge >= 0.3 is 5.97 Å². The summed E-state index contributed by atoms with van der Waals surface area (Å²) in [4.78, 5) is 39.0. The van der Waals surface area contributed by atoms with Crippen LogP contribution in [0.4, 0.5) is 5.69 Å². The van der Waals surface area contributed by atoms with Crippen LogP contribution in [-0.4, -0.2) is 27.1 Å². The van der Waals surface area contributed by atoms with Crippen LogP contribution in [0.2, 0.25) is 0 Å². The average molecular weight is 367 g/mol. The van der Waals surface area contributed by atoms with E-state index in [1.54, 1.807) is 25.1 Å². The Hall–Kier alpha value is -3.55. The highest BCUT2D eigenvalue weighted by Crippen LogP contribution is 2.19. The molecule has 0 aliphatic carbocycles. The summed E-state index contributed by atoms with van der Waals surface area (Å²) < 4.78 is 6.67. The lowest BCUT2D eigenvalue weighted by atomic mass is 10.1. The van der Waals surface area contributed by atoms with E-state index < -0.39 is 10.9 Å². The van der Waals surface area contributed by atoms with Crippen molar-refractivity contribution in [2.24, 2.45) is 0 Å². The van der Waals surface area contributed by atoms with E-state index in [1.807, 2.05) is 6.07 Å². The van der Waals surface area contributed by atoms with E-state index in [-0.39, 0.29) is 23.4 Å².